The molecule has 1 amide bonds. The van der Waals surface area contributed by atoms with E-state index >= 15 is 0 Å². The van der Waals surface area contributed by atoms with Crippen LogP contribution in [0.25, 0.3) is 0 Å². The van der Waals surface area contributed by atoms with Gasteiger partial charge in [-0.25, -0.2) is 4.79 Å². The molecule has 8 heteroatoms. The van der Waals surface area contributed by atoms with Crippen molar-refractivity contribution in [2.24, 2.45) is 5.73 Å². The third-order valence-electron chi connectivity index (χ3n) is 3.62. The first-order valence-electron chi connectivity index (χ1n) is 7.32. The highest BCUT2D eigenvalue weighted by Gasteiger charge is 2.33. The lowest BCUT2D eigenvalue weighted by Crippen LogP contribution is -2.52. The van der Waals surface area contributed by atoms with Crippen LogP contribution in [0.5, 0.6) is 0 Å². The predicted molar refractivity (Wildman–Crippen MR) is 91.6 cm³/mol. The summed E-state index contributed by atoms with van der Waals surface area (Å²) in [4.78, 5) is 36.6. The number of carboxylic acids is 1. The molecule has 0 aliphatic carbocycles. The molecule has 0 aliphatic rings. The highest BCUT2D eigenvalue weighted by atomic mass is 32.1. The van der Waals surface area contributed by atoms with Gasteiger partial charge < -0.3 is 20.5 Å². The van der Waals surface area contributed by atoms with Gasteiger partial charge in [-0.15, -0.1) is 0 Å². The Morgan fingerprint density at radius 1 is 1.33 bits per heavy atom. The lowest BCUT2D eigenvalue weighted by atomic mass is 10.1. The normalized spacial score (nSPS) is 13.0. The predicted octanol–water partition coefficient (Wildman–Crippen LogP) is 0.597. The van der Waals surface area contributed by atoms with Crippen molar-refractivity contribution in [1.82, 2.24) is 4.90 Å². The van der Waals surface area contributed by atoms with Crippen LogP contribution in [-0.4, -0.2) is 52.8 Å². The highest BCUT2D eigenvalue weighted by molar-refractivity contribution is 7.80. The number of aliphatic carboxylic acids is 1. The minimum atomic E-state index is -1.25. The maximum Gasteiger partial charge on any atom is 0.329 e. The molecule has 24 heavy (non-hydrogen) atoms. The minimum Gasteiger partial charge on any atom is -0.481 e. The maximum atomic E-state index is 12.6. The second-order valence-corrected chi connectivity index (χ2v) is 5.68. The van der Waals surface area contributed by atoms with E-state index < -0.39 is 36.4 Å². The molecule has 1 aromatic rings. The molecule has 2 atom stereocenters. The first-order chi connectivity index (χ1) is 11.3. The van der Waals surface area contributed by atoms with Crippen LogP contribution in [0.3, 0.4) is 0 Å². The summed E-state index contributed by atoms with van der Waals surface area (Å²) in [5.74, 6) is -2.42. The van der Waals surface area contributed by atoms with E-state index in [0.717, 1.165) is 11.1 Å². The molecule has 0 aromatic heterocycles. The van der Waals surface area contributed by atoms with Gasteiger partial charge in [0.05, 0.1) is 19.6 Å². The molecule has 3 N–H and O–H groups in total. The molecular weight excluding hydrogens is 332 g/mol. The monoisotopic (exact) mass is 354 g/mol. The lowest BCUT2D eigenvalue weighted by Gasteiger charge is -2.31. The zero-order valence-corrected chi connectivity index (χ0v) is 14.5. The number of nitrogens with zero attached hydrogens (tertiary/aromatic N) is 1. The van der Waals surface area contributed by atoms with Gasteiger partial charge in [0.2, 0.25) is 5.91 Å². The number of carbonyl (C=O) groups excluding carboxylic acids is 2. The Labute approximate surface area is 146 Å². The Morgan fingerprint density at radius 3 is 2.46 bits per heavy atom. The van der Waals surface area contributed by atoms with Crippen LogP contribution in [0.1, 0.15) is 17.5 Å². The van der Waals surface area contributed by atoms with E-state index in [4.69, 9.17) is 15.6 Å². The Bertz CT molecular complexity index is 608. The van der Waals surface area contributed by atoms with E-state index in [2.05, 4.69) is 12.6 Å². The summed E-state index contributed by atoms with van der Waals surface area (Å²) >= 11 is 4.12. The molecule has 0 heterocycles. The third-order valence-corrected chi connectivity index (χ3v) is 3.97. The second kappa shape index (κ2) is 9.29. The number of benzene rings is 1. The number of hydrogen-bond acceptors (Lipinski definition) is 6. The van der Waals surface area contributed by atoms with Crippen molar-refractivity contribution < 1.29 is 24.2 Å². The van der Waals surface area contributed by atoms with Gasteiger partial charge in [-0.05, 0) is 18.1 Å². The van der Waals surface area contributed by atoms with Crippen molar-refractivity contribution in [3.8, 4) is 0 Å². The van der Waals surface area contributed by atoms with Gasteiger partial charge in [0.15, 0.2) is 0 Å². The number of amides is 1. The Morgan fingerprint density at radius 2 is 1.96 bits per heavy atom. The van der Waals surface area contributed by atoms with Crippen molar-refractivity contribution in [3.63, 3.8) is 0 Å². The zero-order chi connectivity index (χ0) is 18.3. The molecule has 0 bridgehead atoms. The van der Waals surface area contributed by atoms with E-state index in [1.54, 1.807) is 0 Å². The van der Waals surface area contributed by atoms with Gasteiger partial charge in [-0.2, -0.15) is 12.6 Å². The zero-order valence-electron chi connectivity index (χ0n) is 13.6. The van der Waals surface area contributed by atoms with Crippen LogP contribution in [0.4, 0.5) is 0 Å². The SMILES string of the molecule is COC(=O)[C@@H](CS)N(Cc1ccccc1C)C(=O)[C@@H](N)CC(=O)O. The number of aryl methyl sites for hydroxylation is 1. The molecule has 0 radical (unpaired) electrons. The van der Waals surface area contributed by atoms with Gasteiger partial charge in [0.1, 0.15) is 6.04 Å². The minimum absolute atomic E-state index is 0.0318. The van der Waals surface area contributed by atoms with Crippen LogP contribution < -0.4 is 5.73 Å². The van der Waals surface area contributed by atoms with E-state index in [9.17, 15) is 14.4 Å². The molecule has 0 unspecified atom stereocenters. The smallest absolute Gasteiger partial charge is 0.329 e. The summed E-state index contributed by atoms with van der Waals surface area (Å²) in [6.07, 6.45) is -0.524. The average molecular weight is 354 g/mol. The summed E-state index contributed by atoms with van der Waals surface area (Å²) in [5, 5.41) is 8.84. The van der Waals surface area contributed by atoms with Crippen molar-refractivity contribution >= 4 is 30.5 Å². The molecule has 1 aromatic carbocycles. The summed E-state index contributed by atoms with van der Waals surface area (Å²) in [6, 6.07) is 5.17. The molecule has 1 rings (SSSR count). The number of nitrogens with two attached hydrogens (primary N) is 1. The number of hydrogen-bond donors (Lipinski definition) is 3. The van der Waals surface area contributed by atoms with Crippen molar-refractivity contribution in [1.29, 1.82) is 0 Å². The average Bonchev–Trinajstić information content (AvgIpc) is 2.54. The summed E-state index contributed by atoms with van der Waals surface area (Å²) in [7, 11) is 1.21. The molecule has 0 spiro atoms. The topological polar surface area (TPSA) is 110 Å². The standard InChI is InChI=1S/C16H22N2O5S/c1-10-5-3-4-6-11(10)8-18(13(9-24)16(22)23-2)15(21)12(17)7-14(19)20/h3-6,12-13,24H,7-9,17H2,1-2H3,(H,19,20)/t12-,13+/m0/s1. The summed E-state index contributed by atoms with van der Waals surface area (Å²) in [5.41, 5.74) is 7.45. The van der Waals surface area contributed by atoms with Crippen LogP contribution in [0.15, 0.2) is 24.3 Å². The molecular formula is C16H22N2O5S. The van der Waals surface area contributed by atoms with Gasteiger partial charge in [-0.3, -0.25) is 9.59 Å². The first-order valence-corrected chi connectivity index (χ1v) is 7.96. The quantitative estimate of drug-likeness (QED) is 0.466. The van der Waals surface area contributed by atoms with Crippen molar-refractivity contribution in [3.05, 3.63) is 35.4 Å². The molecule has 0 fully saturated rings. The van der Waals surface area contributed by atoms with E-state index in [0.29, 0.717) is 0 Å². The molecule has 0 aliphatic heterocycles. The largest absolute Gasteiger partial charge is 0.481 e. The van der Waals surface area contributed by atoms with Crippen LogP contribution in [0, 0.1) is 6.92 Å². The van der Waals surface area contributed by atoms with Crippen LogP contribution >= 0.6 is 12.6 Å². The van der Waals surface area contributed by atoms with Gasteiger partial charge in [0.25, 0.3) is 0 Å². The molecule has 0 saturated heterocycles. The number of carboxylic acid groups (broad SMARTS) is 1. The summed E-state index contributed by atoms with van der Waals surface area (Å²) < 4.78 is 4.72. The second-order valence-electron chi connectivity index (χ2n) is 5.32. The Kier molecular flexibility index (Phi) is 7.73. The fourth-order valence-corrected chi connectivity index (χ4v) is 2.58. The number of carbonyl (C=O) groups is 3. The highest BCUT2D eigenvalue weighted by Crippen LogP contribution is 2.16. The van der Waals surface area contributed by atoms with E-state index in [-0.39, 0.29) is 12.3 Å². The fourth-order valence-electron chi connectivity index (χ4n) is 2.24. The summed E-state index contributed by atoms with van der Waals surface area (Å²) in [6.45, 7) is 1.99. The van der Waals surface area contributed by atoms with Gasteiger partial charge in [-0.1, -0.05) is 24.3 Å². The van der Waals surface area contributed by atoms with E-state index in [1.807, 2.05) is 31.2 Å². The van der Waals surface area contributed by atoms with Gasteiger partial charge >= 0.3 is 11.9 Å². The molecule has 132 valence electrons. The maximum absolute atomic E-state index is 12.6. The number of ether oxygens (including phenoxy) is 1. The van der Waals surface area contributed by atoms with Crippen LogP contribution in [0.2, 0.25) is 0 Å². The lowest BCUT2D eigenvalue weighted by molar-refractivity contribution is -0.153. The third kappa shape index (κ3) is 5.24. The van der Waals surface area contributed by atoms with Crippen molar-refractivity contribution in [2.75, 3.05) is 12.9 Å². The number of esters is 1. The van der Waals surface area contributed by atoms with Crippen molar-refractivity contribution in [2.45, 2.75) is 32.0 Å². The molecule has 0 saturated carbocycles. The number of thiol groups is 1. The number of methoxy groups -OCH3 is 1. The van der Waals surface area contributed by atoms with Gasteiger partial charge in [0, 0.05) is 12.3 Å². The van der Waals surface area contributed by atoms with E-state index in [1.165, 1.54) is 12.0 Å². The Hall–Kier alpha value is -2.06. The Balaban J connectivity index is 3.15. The van der Waals surface area contributed by atoms with Crippen LogP contribution in [-0.2, 0) is 25.7 Å². The number of rotatable bonds is 8. The fraction of sp³-hybridized carbons (Fsp3) is 0.438. The first kappa shape index (κ1) is 20.0. The molecule has 7 nitrogen and oxygen atoms in total.